The quantitative estimate of drug-likeness (QED) is 0.472. The fourth-order valence-electron chi connectivity index (χ4n) is 1.15. The molecule has 1 unspecified atom stereocenters. The van der Waals surface area contributed by atoms with Crippen molar-refractivity contribution in [2.24, 2.45) is 0 Å². The zero-order chi connectivity index (χ0) is 10.9. The van der Waals surface area contributed by atoms with Crippen molar-refractivity contribution in [2.75, 3.05) is 14.2 Å². The second-order valence-electron chi connectivity index (χ2n) is 2.78. The minimum Gasteiger partial charge on any atom is -0.465 e. The average molecular weight is 202 g/mol. The van der Waals surface area contributed by atoms with Gasteiger partial charge in [0, 0.05) is 7.05 Å². The molecule has 3 amide bonds. The van der Waals surface area contributed by atoms with Crippen molar-refractivity contribution in [1.82, 2.24) is 9.96 Å². The van der Waals surface area contributed by atoms with Gasteiger partial charge in [-0.3, -0.25) is 14.4 Å². The highest BCUT2D eigenvalue weighted by atomic mass is 16.7. The number of imide groups is 1. The van der Waals surface area contributed by atoms with Gasteiger partial charge in [-0.25, -0.2) is 14.8 Å². The van der Waals surface area contributed by atoms with Gasteiger partial charge in [0.25, 0.3) is 5.91 Å². The molecular formula is C7H10N2O5. The van der Waals surface area contributed by atoms with E-state index in [4.69, 9.17) is 5.11 Å². The molecule has 1 fully saturated rings. The average Bonchev–Trinajstić information content (AvgIpc) is 2.10. The van der Waals surface area contributed by atoms with Crippen molar-refractivity contribution >= 4 is 17.9 Å². The van der Waals surface area contributed by atoms with Gasteiger partial charge in [-0.05, 0) is 0 Å². The summed E-state index contributed by atoms with van der Waals surface area (Å²) in [6.07, 6.45) is -1.50. The Bertz CT molecular complexity index is 282. The van der Waals surface area contributed by atoms with E-state index < -0.39 is 23.9 Å². The number of hydrogen-bond donors (Lipinski definition) is 1. The summed E-state index contributed by atoms with van der Waals surface area (Å²) in [6.45, 7) is 0. The summed E-state index contributed by atoms with van der Waals surface area (Å²) in [4.78, 5) is 37.8. The van der Waals surface area contributed by atoms with Crippen molar-refractivity contribution in [3.8, 4) is 0 Å². The van der Waals surface area contributed by atoms with E-state index in [9.17, 15) is 14.4 Å². The lowest BCUT2D eigenvalue weighted by atomic mass is 10.0. The molecule has 0 aromatic rings. The Hall–Kier alpha value is -1.63. The Morgan fingerprint density at radius 1 is 1.64 bits per heavy atom. The van der Waals surface area contributed by atoms with Crippen LogP contribution in [0.3, 0.4) is 0 Å². The summed E-state index contributed by atoms with van der Waals surface area (Å²) < 4.78 is 0. The molecule has 0 aromatic heterocycles. The van der Waals surface area contributed by atoms with Crippen molar-refractivity contribution in [3.63, 3.8) is 0 Å². The molecule has 7 heteroatoms. The molecule has 0 saturated carbocycles. The largest absolute Gasteiger partial charge is 0.465 e. The molecule has 7 nitrogen and oxygen atoms in total. The van der Waals surface area contributed by atoms with Crippen LogP contribution in [-0.2, 0) is 14.4 Å². The molecule has 1 atom stereocenters. The van der Waals surface area contributed by atoms with Gasteiger partial charge in [0.05, 0.1) is 13.5 Å². The fraction of sp³-hybridized carbons (Fsp3) is 0.571. The molecule has 1 rings (SSSR count). The molecule has 0 bridgehead atoms. The van der Waals surface area contributed by atoms with Gasteiger partial charge in [-0.15, -0.1) is 0 Å². The Labute approximate surface area is 79.8 Å². The van der Waals surface area contributed by atoms with Crippen LogP contribution in [0.15, 0.2) is 0 Å². The SMILES string of the molecule is CON(C)C(=O)C1CC(=O)N1C(=O)O. The van der Waals surface area contributed by atoms with Crippen molar-refractivity contribution in [3.05, 3.63) is 0 Å². The highest BCUT2D eigenvalue weighted by Crippen LogP contribution is 2.20. The predicted molar refractivity (Wildman–Crippen MR) is 43.1 cm³/mol. The van der Waals surface area contributed by atoms with E-state index in [-0.39, 0.29) is 6.42 Å². The van der Waals surface area contributed by atoms with Crippen LogP contribution in [0, 0.1) is 0 Å². The molecule has 1 saturated heterocycles. The van der Waals surface area contributed by atoms with E-state index in [2.05, 4.69) is 4.84 Å². The Morgan fingerprint density at radius 2 is 2.21 bits per heavy atom. The van der Waals surface area contributed by atoms with Crippen LogP contribution < -0.4 is 0 Å². The molecule has 0 spiro atoms. The second kappa shape index (κ2) is 3.62. The number of hydrogen-bond acceptors (Lipinski definition) is 4. The van der Waals surface area contributed by atoms with Gasteiger partial charge < -0.3 is 5.11 Å². The fourth-order valence-corrected chi connectivity index (χ4v) is 1.15. The van der Waals surface area contributed by atoms with Gasteiger partial charge in [0.1, 0.15) is 6.04 Å². The Balaban J connectivity index is 2.67. The summed E-state index contributed by atoms with van der Waals surface area (Å²) in [6, 6.07) is -0.940. The maximum Gasteiger partial charge on any atom is 0.414 e. The molecular weight excluding hydrogens is 192 g/mol. The number of likely N-dealkylation sites (tertiary alicyclic amines) is 1. The lowest BCUT2D eigenvalue weighted by Crippen LogP contribution is -2.61. The second-order valence-corrected chi connectivity index (χ2v) is 2.78. The number of likely N-dealkylation sites (N-methyl/N-ethyl adjacent to an activating group) is 1. The van der Waals surface area contributed by atoms with Gasteiger partial charge in [-0.1, -0.05) is 0 Å². The first-order chi connectivity index (χ1) is 6.49. The molecule has 78 valence electrons. The first-order valence-corrected chi connectivity index (χ1v) is 3.85. The number of nitrogens with zero attached hydrogens (tertiary/aromatic N) is 2. The Kier molecular flexibility index (Phi) is 2.70. The van der Waals surface area contributed by atoms with Crippen LogP contribution in [-0.4, -0.2) is 53.2 Å². The molecule has 14 heavy (non-hydrogen) atoms. The van der Waals surface area contributed by atoms with Crippen LogP contribution in [0.2, 0.25) is 0 Å². The highest BCUT2D eigenvalue weighted by molar-refractivity contribution is 6.05. The highest BCUT2D eigenvalue weighted by Gasteiger charge is 2.46. The first kappa shape index (κ1) is 10.5. The van der Waals surface area contributed by atoms with E-state index in [1.165, 1.54) is 14.2 Å². The smallest absolute Gasteiger partial charge is 0.414 e. The third-order valence-electron chi connectivity index (χ3n) is 2.02. The lowest BCUT2D eigenvalue weighted by Gasteiger charge is -2.36. The maximum atomic E-state index is 11.4. The molecule has 0 aliphatic carbocycles. The van der Waals surface area contributed by atoms with Crippen LogP contribution in [0.5, 0.6) is 0 Å². The molecule has 1 aliphatic heterocycles. The van der Waals surface area contributed by atoms with Crippen LogP contribution in [0.1, 0.15) is 6.42 Å². The molecule has 1 aliphatic rings. The van der Waals surface area contributed by atoms with E-state index in [1.807, 2.05) is 0 Å². The number of carboxylic acid groups (broad SMARTS) is 1. The van der Waals surface area contributed by atoms with Crippen LogP contribution in [0.4, 0.5) is 4.79 Å². The standard InChI is InChI=1S/C7H10N2O5/c1-8(14-2)6(11)4-3-5(10)9(4)7(12)13/h4H,3H2,1-2H3,(H,12,13). The van der Waals surface area contributed by atoms with Gasteiger partial charge in [-0.2, -0.15) is 0 Å². The van der Waals surface area contributed by atoms with Gasteiger partial charge in [0.2, 0.25) is 5.91 Å². The zero-order valence-electron chi connectivity index (χ0n) is 7.76. The summed E-state index contributed by atoms with van der Waals surface area (Å²) >= 11 is 0. The summed E-state index contributed by atoms with van der Waals surface area (Å²) in [7, 11) is 2.63. The first-order valence-electron chi connectivity index (χ1n) is 3.85. The number of rotatable bonds is 2. The topological polar surface area (TPSA) is 87.2 Å². The number of carbonyl (C=O) groups is 3. The minimum absolute atomic E-state index is 0.0845. The van der Waals surface area contributed by atoms with Crippen LogP contribution in [0.25, 0.3) is 0 Å². The molecule has 0 aromatic carbocycles. The molecule has 1 heterocycles. The maximum absolute atomic E-state index is 11.4. The molecule has 1 N–H and O–H groups in total. The van der Waals surface area contributed by atoms with Gasteiger partial charge >= 0.3 is 6.09 Å². The van der Waals surface area contributed by atoms with E-state index >= 15 is 0 Å². The number of β-lactam (4-membered cyclic amide) rings is 1. The Morgan fingerprint density at radius 3 is 2.57 bits per heavy atom. The normalized spacial score (nSPS) is 20.3. The van der Waals surface area contributed by atoms with E-state index in [0.29, 0.717) is 4.90 Å². The summed E-state index contributed by atoms with van der Waals surface area (Å²) in [5, 5.41) is 9.47. The van der Waals surface area contributed by atoms with Gasteiger partial charge in [0.15, 0.2) is 0 Å². The van der Waals surface area contributed by atoms with E-state index in [1.54, 1.807) is 0 Å². The molecule has 0 radical (unpaired) electrons. The number of amides is 3. The van der Waals surface area contributed by atoms with Crippen molar-refractivity contribution in [2.45, 2.75) is 12.5 Å². The number of carbonyl (C=O) groups excluding carboxylic acids is 2. The monoisotopic (exact) mass is 202 g/mol. The number of hydroxylamine groups is 2. The lowest BCUT2D eigenvalue weighted by molar-refractivity contribution is -0.181. The zero-order valence-corrected chi connectivity index (χ0v) is 7.76. The predicted octanol–water partition coefficient (Wildman–Crippen LogP) is -0.715. The van der Waals surface area contributed by atoms with Crippen LogP contribution >= 0.6 is 0 Å². The van der Waals surface area contributed by atoms with Crippen molar-refractivity contribution < 1.29 is 24.3 Å². The third-order valence-corrected chi connectivity index (χ3v) is 2.02. The summed E-state index contributed by atoms with van der Waals surface area (Å²) in [5.74, 6) is -1.12. The minimum atomic E-state index is -1.41. The van der Waals surface area contributed by atoms with E-state index in [0.717, 1.165) is 5.06 Å². The third kappa shape index (κ3) is 1.53. The van der Waals surface area contributed by atoms with Crippen molar-refractivity contribution in [1.29, 1.82) is 0 Å². The summed E-state index contributed by atoms with van der Waals surface area (Å²) in [5.41, 5.74) is 0.